The molecule has 0 spiro atoms. The normalized spacial score (nSPS) is 12.8. The molecular formula is C21H18FNO2. The van der Waals surface area contributed by atoms with Gasteiger partial charge in [-0.1, -0.05) is 25.0 Å². The van der Waals surface area contributed by atoms with Gasteiger partial charge in [0.25, 0.3) is 0 Å². The molecule has 0 amide bonds. The van der Waals surface area contributed by atoms with Gasteiger partial charge in [-0.15, -0.1) is 0 Å². The van der Waals surface area contributed by atoms with Crippen molar-refractivity contribution in [3.8, 4) is 11.8 Å². The lowest BCUT2D eigenvalue weighted by molar-refractivity contribution is 0.0730. The van der Waals surface area contributed by atoms with Gasteiger partial charge in [-0.05, 0) is 66.8 Å². The molecule has 25 heavy (non-hydrogen) atoms. The Balaban J connectivity index is 1.83. The summed E-state index contributed by atoms with van der Waals surface area (Å²) < 4.78 is 19.6. The van der Waals surface area contributed by atoms with E-state index in [1.807, 2.05) is 12.1 Å². The Morgan fingerprint density at radius 3 is 2.68 bits per heavy atom. The molecule has 3 rings (SSSR count). The van der Waals surface area contributed by atoms with E-state index in [-0.39, 0.29) is 11.3 Å². The number of benzene rings is 2. The predicted molar refractivity (Wildman–Crippen MR) is 93.7 cm³/mol. The summed E-state index contributed by atoms with van der Waals surface area (Å²) in [5.74, 6) is -1.02. The highest BCUT2D eigenvalue weighted by molar-refractivity contribution is 5.92. The SMILES string of the molecule is CCCC1=Cc2cc(F)c(C(=O)Oc3ccc(C#N)cc3)cc2CC1. The minimum absolute atomic E-state index is 0.0598. The summed E-state index contributed by atoms with van der Waals surface area (Å²) >= 11 is 0. The van der Waals surface area contributed by atoms with Crippen molar-refractivity contribution in [2.45, 2.75) is 32.6 Å². The summed E-state index contributed by atoms with van der Waals surface area (Å²) in [5.41, 5.74) is 3.54. The standard InChI is InChI=1S/C21H18FNO2/c1-2-3-14-4-7-16-11-19(20(22)12-17(16)10-14)21(24)25-18-8-5-15(13-23)6-9-18/h5-6,8-12H,2-4,7H2,1H3. The molecule has 0 saturated carbocycles. The Kier molecular flexibility index (Phi) is 4.95. The zero-order chi connectivity index (χ0) is 17.8. The molecular weight excluding hydrogens is 317 g/mol. The van der Waals surface area contributed by atoms with E-state index in [4.69, 9.17) is 10.00 Å². The third-order valence-electron chi connectivity index (χ3n) is 4.29. The summed E-state index contributed by atoms with van der Waals surface area (Å²) in [5, 5.41) is 8.78. The number of ether oxygens (including phenoxy) is 1. The fourth-order valence-corrected chi connectivity index (χ4v) is 3.01. The second-order valence-corrected chi connectivity index (χ2v) is 6.11. The highest BCUT2D eigenvalue weighted by Crippen LogP contribution is 2.29. The van der Waals surface area contributed by atoms with E-state index < -0.39 is 11.8 Å². The maximum absolute atomic E-state index is 14.4. The molecule has 4 heteroatoms. The lowest BCUT2D eigenvalue weighted by Gasteiger charge is -2.17. The number of aryl methyl sites for hydroxylation is 1. The molecule has 1 aliphatic rings. The molecule has 3 nitrogen and oxygen atoms in total. The molecule has 0 aromatic heterocycles. The highest BCUT2D eigenvalue weighted by atomic mass is 19.1. The van der Waals surface area contributed by atoms with E-state index >= 15 is 0 Å². The average Bonchev–Trinajstić information content (AvgIpc) is 2.62. The zero-order valence-electron chi connectivity index (χ0n) is 14.0. The molecule has 0 bridgehead atoms. The van der Waals surface area contributed by atoms with Crippen LogP contribution in [-0.2, 0) is 6.42 Å². The summed E-state index contributed by atoms with van der Waals surface area (Å²) in [6.45, 7) is 2.12. The quantitative estimate of drug-likeness (QED) is 0.580. The van der Waals surface area contributed by atoms with Gasteiger partial charge >= 0.3 is 5.97 Å². The van der Waals surface area contributed by atoms with Crippen molar-refractivity contribution in [3.05, 3.63) is 70.0 Å². The van der Waals surface area contributed by atoms with Gasteiger partial charge < -0.3 is 4.74 Å². The minimum Gasteiger partial charge on any atom is -0.423 e. The molecule has 2 aromatic rings. The first kappa shape index (κ1) is 16.9. The summed E-state index contributed by atoms with van der Waals surface area (Å²) in [6.07, 6.45) is 5.86. The molecule has 1 aliphatic carbocycles. The summed E-state index contributed by atoms with van der Waals surface area (Å²) in [6, 6.07) is 11.1. The smallest absolute Gasteiger partial charge is 0.346 e. The van der Waals surface area contributed by atoms with Crippen LogP contribution in [0.1, 0.15) is 53.2 Å². The predicted octanol–water partition coefficient (Wildman–Crippen LogP) is 5.05. The fraction of sp³-hybridized carbons (Fsp3) is 0.238. The molecule has 0 unspecified atom stereocenters. The van der Waals surface area contributed by atoms with Crippen molar-refractivity contribution in [2.75, 3.05) is 0 Å². The average molecular weight is 335 g/mol. The van der Waals surface area contributed by atoms with Crippen molar-refractivity contribution < 1.29 is 13.9 Å². The van der Waals surface area contributed by atoms with Crippen LogP contribution in [0.15, 0.2) is 42.0 Å². The highest BCUT2D eigenvalue weighted by Gasteiger charge is 2.19. The van der Waals surface area contributed by atoms with E-state index in [9.17, 15) is 9.18 Å². The largest absolute Gasteiger partial charge is 0.423 e. The molecule has 2 aromatic carbocycles. The first-order chi connectivity index (χ1) is 12.1. The third kappa shape index (κ3) is 3.77. The number of carbonyl (C=O) groups is 1. The van der Waals surface area contributed by atoms with E-state index in [0.717, 1.165) is 36.8 Å². The number of allylic oxidation sites excluding steroid dienone is 1. The maximum Gasteiger partial charge on any atom is 0.346 e. The Bertz CT molecular complexity index is 876. The van der Waals surface area contributed by atoms with Gasteiger partial charge in [-0.2, -0.15) is 5.26 Å². The molecule has 0 radical (unpaired) electrons. The number of fused-ring (bicyclic) bond motifs is 1. The van der Waals surface area contributed by atoms with Crippen LogP contribution in [0.3, 0.4) is 0 Å². The van der Waals surface area contributed by atoms with Gasteiger partial charge in [0.2, 0.25) is 0 Å². The monoisotopic (exact) mass is 335 g/mol. The number of halogens is 1. The third-order valence-corrected chi connectivity index (χ3v) is 4.29. The maximum atomic E-state index is 14.4. The summed E-state index contributed by atoms with van der Waals surface area (Å²) in [4.78, 5) is 12.3. The van der Waals surface area contributed by atoms with Crippen LogP contribution in [-0.4, -0.2) is 5.97 Å². The van der Waals surface area contributed by atoms with Crippen molar-refractivity contribution in [1.82, 2.24) is 0 Å². The van der Waals surface area contributed by atoms with Crippen LogP contribution < -0.4 is 4.74 Å². The van der Waals surface area contributed by atoms with Crippen LogP contribution in [0, 0.1) is 17.1 Å². The number of rotatable bonds is 4. The van der Waals surface area contributed by atoms with Gasteiger partial charge in [0.15, 0.2) is 0 Å². The van der Waals surface area contributed by atoms with E-state index in [0.29, 0.717) is 5.56 Å². The molecule has 0 heterocycles. The molecule has 0 aliphatic heterocycles. The minimum atomic E-state index is -0.728. The molecule has 126 valence electrons. The zero-order valence-corrected chi connectivity index (χ0v) is 14.0. The topological polar surface area (TPSA) is 50.1 Å². The second-order valence-electron chi connectivity index (χ2n) is 6.11. The van der Waals surface area contributed by atoms with Gasteiger partial charge in [0.05, 0.1) is 17.2 Å². The number of hydrogen-bond acceptors (Lipinski definition) is 3. The van der Waals surface area contributed by atoms with Crippen LogP contribution in [0.2, 0.25) is 0 Å². The van der Waals surface area contributed by atoms with Crippen molar-refractivity contribution in [3.63, 3.8) is 0 Å². The van der Waals surface area contributed by atoms with Gasteiger partial charge in [-0.25, -0.2) is 9.18 Å². The number of carbonyl (C=O) groups excluding carboxylic acids is 1. The van der Waals surface area contributed by atoms with E-state index in [2.05, 4.69) is 6.92 Å². The molecule has 0 fully saturated rings. The Hall–Kier alpha value is -2.93. The van der Waals surface area contributed by atoms with Crippen molar-refractivity contribution in [2.24, 2.45) is 0 Å². The van der Waals surface area contributed by atoms with Crippen LogP contribution in [0.5, 0.6) is 5.75 Å². The molecule has 0 saturated heterocycles. The number of esters is 1. The molecule has 0 atom stereocenters. The van der Waals surface area contributed by atoms with Crippen molar-refractivity contribution in [1.29, 1.82) is 5.26 Å². The van der Waals surface area contributed by atoms with Crippen LogP contribution in [0.25, 0.3) is 6.08 Å². The number of hydrogen-bond donors (Lipinski definition) is 0. The number of nitriles is 1. The first-order valence-corrected chi connectivity index (χ1v) is 8.35. The first-order valence-electron chi connectivity index (χ1n) is 8.35. The van der Waals surface area contributed by atoms with E-state index in [1.54, 1.807) is 18.2 Å². The van der Waals surface area contributed by atoms with Gasteiger partial charge in [0, 0.05) is 0 Å². The van der Waals surface area contributed by atoms with Gasteiger partial charge in [0.1, 0.15) is 11.6 Å². The van der Waals surface area contributed by atoms with Gasteiger partial charge in [-0.3, -0.25) is 0 Å². The van der Waals surface area contributed by atoms with E-state index in [1.165, 1.54) is 23.8 Å². The molecule has 0 N–H and O–H groups in total. The Labute approximate surface area is 146 Å². The fourth-order valence-electron chi connectivity index (χ4n) is 3.01. The Morgan fingerprint density at radius 2 is 2.00 bits per heavy atom. The second kappa shape index (κ2) is 7.31. The van der Waals surface area contributed by atoms with Crippen molar-refractivity contribution >= 4 is 12.0 Å². The lowest BCUT2D eigenvalue weighted by Crippen LogP contribution is -2.13. The Morgan fingerprint density at radius 1 is 1.24 bits per heavy atom. The van der Waals surface area contributed by atoms with Crippen LogP contribution >= 0.6 is 0 Å². The number of nitrogens with zero attached hydrogens (tertiary/aromatic N) is 1. The van der Waals surface area contributed by atoms with Crippen LogP contribution in [0.4, 0.5) is 4.39 Å². The summed E-state index contributed by atoms with van der Waals surface area (Å²) in [7, 11) is 0. The lowest BCUT2D eigenvalue weighted by atomic mass is 9.89.